The monoisotopic (exact) mass is 411 g/mol. The fourth-order valence-corrected chi connectivity index (χ4v) is 3.90. The van der Waals surface area contributed by atoms with E-state index in [9.17, 15) is 10.1 Å². The molecule has 5 heteroatoms. The number of rotatable bonds is 3. The van der Waals surface area contributed by atoms with Crippen molar-refractivity contribution >= 4 is 17.4 Å². The van der Waals surface area contributed by atoms with Gasteiger partial charge < -0.3 is 15.4 Å². The summed E-state index contributed by atoms with van der Waals surface area (Å²) in [6, 6.07) is 21.0. The molecule has 4 rings (SSSR count). The van der Waals surface area contributed by atoms with E-state index < -0.39 is 0 Å². The third-order valence-corrected chi connectivity index (χ3v) is 5.59. The summed E-state index contributed by atoms with van der Waals surface area (Å²) in [4.78, 5) is 12.8. The first kappa shape index (κ1) is 20.5. The summed E-state index contributed by atoms with van der Waals surface area (Å²) in [5.74, 6) is 0.995. The molecule has 0 unspecified atom stereocenters. The molecule has 0 saturated heterocycles. The van der Waals surface area contributed by atoms with E-state index >= 15 is 0 Å². The second kappa shape index (κ2) is 8.93. The van der Waals surface area contributed by atoms with Crippen molar-refractivity contribution in [2.24, 2.45) is 0 Å². The Hall–Kier alpha value is -3.78. The van der Waals surface area contributed by atoms with Crippen LogP contribution in [-0.2, 0) is 0 Å². The smallest absolute Gasteiger partial charge is 0.323 e. The first-order valence-corrected chi connectivity index (χ1v) is 10.5. The minimum atomic E-state index is -0.336. The van der Waals surface area contributed by atoms with Crippen molar-refractivity contribution in [1.82, 2.24) is 0 Å². The van der Waals surface area contributed by atoms with E-state index in [2.05, 4.69) is 29.7 Å². The largest absolute Gasteiger partial charge is 0.491 e. The van der Waals surface area contributed by atoms with Gasteiger partial charge in [-0.15, -0.1) is 0 Å². The minimum Gasteiger partial charge on any atom is -0.491 e. The van der Waals surface area contributed by atoms with Gasteiger partial charge in [0.1, 0.15) is 5.75 Å². The number of hydrogen-bond acceptors (Lipinski definition) is 3. The van der Waals surface area contributed by atoms with Gasteiger partial charge in [0.15, 0.2) is 0 Å². The number of amides is 2. The van der Waals surface area contributed by atoms with Crippen molar-refractivity contribution in [3.63, 3.8) is 0 Å². The van der Waals surface area contributed by atoms with E-state index in [1.165, 1.54) is 0 Å². The molecule has 2 amide bonds. The molecule has 0 fully saturated rings. The summed E-state index contributed by atoms with van der Waals surface area (Å²) in [7, 11) is 0. The van der Waals surface area contributed by atoms with Crippen LogP contribution in [-0.4, -0.2) is 12.6 Å². The average Bonchev–Trinajstić information content (AvgIpc) is 2.97. The Bertz CT molecular complexity index is 1150. The second-order valence-corrected chi connectivity index (χ2v) is 7.94. The van der Waals surface area contributed by atoms with Crippen LogP contribution in [0.5, 0.6) is 5.75 Å². The van der Waals surface area contributed by atoms with Crippen LogP contribution < -0.4 is 15.4 Å². The molecule has 1 atom stereocenters. The summed E-state index contributed by atoms with van der Waals surface area (Å²) in [5, 5.41) is 15.4. The predicted octanol–water partition coefficient (Wildman–Crippen LogP) is 6.45. The Morgan fingerprint density at radius 2 is 1.87 bits per heavy atom. The standard InChI is InChI=1S/C26H25N3O2/c1-17-9-11-21(12-10-17)28-26(30)29-24-15-20(22-8-4-3-7-19(22)16-27)14-23-18(2)6-5-13-31-25(23)24/h3-4,7-12,14-15,18H,5-6,13H2,1-2H3,(H2,28,29,30)/t18-/m0/s1. The van der Waals surface area contributed by atoms with Crippen LogP contribution in [0.4, 0.5) is 16.2 Å². The number of urea groups is 1. The third kappa shape index (κ3) is 4.54. The molecule has 0 saturated carbocycles. The summed E-state index contributed by atoms with van der Waals surface area (Å²) in [6.07, 6.45) is 1.96. The van der Waals surface area contributed by atoms with E-state index in [-0.39, 0.29) is 11.9 Å². The Balaban J connectivity index is 1.73. The summed E-state index contributed by atoms with van der Waals surface area (Å²) >= 11 is 0. The molecule has 1 heterocycles. The molecule has 1 aliphatic heterocycles. The highest BCUT2D eigenvalue weighted by Gasteiger charge is 2.22. The van der Waals surface area contributed by atoms with Crippen LogP contribution in [0.2, 0.25) is 0 Å². The number of carbonyl (C=O) groups excluding carboxylic acids is 1. The van der Waals surface area contributed by atoms with Crippen molar-refractivity contribution < 1.29 is 9.53 Å². The lowest BCUT2D eigenvalue weighted by Crippen LogP contribution is -2.20. The van der Waals surface area contributed by atoms with Gasteiger partial charge in [0.05, 0.1) is 23.9 Å². The third-order valence-electron chi connectivity index (χ3n) is 5.59. The van der Waals surface area contributed by atoms with E-state index in [1.807, 2.05) is 55.5 Å². The van der Waals surface area contributed by atoms with E-state index in [0.717, 1.165) is 40.8 Å². The normalized spacial score (nSPS) is 15.1. The van der Waals surface area contributed by atoms with Crippen LogP contribution in [0.1, 0.15) is 42.4 Å². The van der Waals surface area contributed by atoms with Crippen LogP contribution in [0.25, 0.3) is 11.1 Å². The number of benzene rings is 3. The molecule has 0 spiro atoms. The first-order chi connectivity index (χ1) is 15.0. The minimum absolute atomic E-state index is 0.285. The maximum absolute atomic E-state index is 12.8. The number of carbonyl (C=O) groups is 1. The van der Waals surface area contributed by atoms with Gasteiger partial charge in [0.25, 0.3) is 0 Å². The Morgan fingerprint density at radius 1 is 1.10 bits per heavy atom. The second-order valence-electron chi connectivity index (χ2n) is 7.94. The van der Waals surface area contributed by atoms with E-state index in [4.69, 9.17) is 4.74 Å². The lowest BCUT2D eigenvalue weighted by atomic mass is 9.91. The molecule has 5 nitrogen and oxygen atoms in total. The number of aryl methyl sites for hydroxylation is 1. The molecule has 156 valence electrons. The Labute approximate surface area is 182 Å². The van der Waals surface area contributed by atoms with Crippen LogP contribution >= 0.6 is 0 Å². The fourth-order valence-electron chi connectivity index (χ4n) is 3.90. The number of nitrogens with one attached hydrogen (secondary N) is 2. The maximum Gasteiger partial charge on any atom is 0.323 e. The number of nitriles is 1. The predicted molar refractivity (Wildman–Crippen MR) is 124 cm³/mol. The first-order valence-electron chi connectivity index (χ1n) is 10.5. The lowest BCUT2D eigenvalue weighted by molar-refractivity contribution is 0.262. The Morgan fingerprint density at radius 3 is 2.65 bits per heavy atom. The fraction of sp³-hybridized carbons (Fsp3) is 0.231. The number of anilines is 2. The molecule has 2 N–H and O–H groups in total. The van der Waals surface area contributed by atoms with Crippen molar-refractivity contribution in [3.05, 3.63) is 77.4 Å². The molecular formula is C26H25N3O2. The number of nitrogens with zero attached hydrogens (tertiary/aromatic N) is 1. The molecular weight excluding hydrogens is 386 g/mol. The van der Waals surface area contributed by atoms with Gasteiger partial charge >= 0.3 is 6.03 Å². The van der Waals surface area contributed by atoms with Gasteiger partial charge in [-0.25, -0.2) is 4.79 Å². The molecule has 0 aliphatic carbocycles. The molecule has 3 aromatic rings. The number of ether oxygens (including phenoxy) is 1. The number of fused-ring (bicyclic) bond motifs is 1. The summed E-state index contributed by atoms with van der Waals surface area (Å²) in [5.41, 5.74) is 5.83. The SMILES string of the molecule is Cc1ccc(NC(=O)Nc2cc(-c3ccccc3C#N)cc3c2OCCC[C@@H]3C)cc1. The maximum atomic E-state index is 12.8. The van der Waals surface area contributed by atoms with Gasteiger partial charge in [0.2, 0.25) is 0 Å². The average molecular weight is 412 g/mol. The molecule has 0 aromatic heterocycles. The highest BCUT2D eigenvalue weighted by molar-refractivity contribution is 6.01. The topological polar surface area (TPSA) is 74.2 Å². The quantitative estimate of drug-likeness (QED) is 0.520. The van der Waals surface area contributed by atoms with Crippen LogP contribution in [0.15, 0.2) is 60.7 Å². The summed E-state index contributed by atoms with van der Waals surface area (Å²) < 4.78 is 6.06. The number of hydrogen-bond donors (Lipinski definition) is 2. The van der Waals surface area contributed by atoms with Crippen molar-refractivity contribution in [2.75, 3.05) is 17.2 Å². The molecule has 31 heavy (non-hydrogen) atoms. The Kier molecular flexibility index (Phi) is 5.90. The summed E-state index contributed by atoms with van der Waals surface area (Å²) in [6.45, 7) is 4.78. The van der Waals surface area contributed by atoms with Gasteiger partial charge in [-0.2, -0.15) is 5.26 Å². The van der Waals surface area contributed by atoms with E-state index in [1.54, 1.807) is 6.07 Å². The van der Waals surface area contributed by atoms with Gasteiger partial charge in [0, 0.05) is 5.69 Å². The molecule has 1 aliphatic rings. The van der Waals surface area contributed by atoms with Crippen LogP contribution in [0, 0.1) is 18.3 Å². The van der Waals surface area contributed by atoms with Gasteiger partial charge in [-0.1, -0.05) is 42.8 Å². The van der Waals surface area contributed by atoms with Crippen molar-refractivity contribution in [3.8, 4) is 22.9 Å². The molecule has 0 radical (unpaired) electrons. The highest BCUT2D eigenvalue weighted by Crippen LogP contribution is 2.42. The zero-order valence-electron chi connectivity index (χ0n) is 17.7. The van der Waals surface area contributed by atoms with Crippen molar-refractivity contribution in [1.29, 1.82) is 5.26 Å². The zero-order chi connectivity index (χ0) is 21.8. The lowest BCUT2D eigenvalue weighted by Gasteiger charge is -2.19. The van der Waals surface area contributed by atoms with E-state index in [0.29, 0.717) is 23.6 Å². The van der Waals surface area contributed by atoms with Gasteiger partial charge in [-0.05, 0) is 72.7 Å². The molecule has 0 bridgehead atoms. The highest BCUT2D eigenvalue weighted by atomic mass is 16.5. The van der Waals surface area contributed by atoms with Crippen LogP contribution in [0.3, 0.4) is 0 Å². The van der Waals surface area contributed by atoms with Gasteiger partial charge in [-0.3, -0.25) is 0 Å². The zero-order valence-corrected chi connectivity index (χ0v) is 17.7. The molecule has 3 aromatic carbocycles. The van der Waals surface area contributed by atoms with Crippen molar-refractivity contribution in [2.45, 2.75) is 32.6 Å².